The lowest BCUT2D eigenvalue weighted by Crippen LogP contribution is -2.54. The summed E-state index contributed by atoms with van der Waals surface area (Å²) in [6.45, 7) is 10.5. The van der Waals surface area contributed by atoms with E-state index in [0.717, 1.165) is 16.7 Å². The molecule has 10 heteroatoms. The molecule has 1 fully saturated rings. The second-order valence-corrected chi connectivity index (χ2v) is 10.3. The molecule has 0 atom stereocenters. The Labute approximate surface area is 218 Å². The van der Waals surface area contributed by atoms with Crippen LogP contribution in [0.15, 0.2) is 54.3 Å². The van der Waals surface area contributed by atoms with Crippen LogP contribution in [-0.2, 0) is 4.74 Å². The summed E-state index contributed by atoms with van der Waals surface area (Å²) in [6.07, 6.45) is 6.48. The Bertz CT molecular complexity index is 1250. The van der Waals surface area contributed by atoms with Crippen LogP contribution in [0.2, 0.25) is 0 Å². The van der Waals surface area contributed by atoms with E-state index in [9.17, 15) is 4.79 Å². The van der Waals surface area contributed by atoms with E-state index in [-0.39, 0.29) is 17.9 Å². The van der Waals surface area contributed by atoms with E-state index in [1.807, 2.05) is 52.8 Å². The molecule has 1 amide bonds. The Morgan fingerprint density at radius 3 is 2.57 bits per heavy atom. The summed E-state index contributed by atoms with van der Waals surface area (Å²) in [5.41, 5.74) is 15.5. The van der Waals surface area contributed by atoms with Crippen molar-refractivity contribution in [2.45, 2.75) is 40.2 Å². The highest BCUT2D eigenvalue weighted by Crippen LogP contribution is 2.28. The third-order valence-electron chi connectivity index (χ3n) is 5.82. The molecule has 0 saturated carbocycles. The highest BCUT2D eigenvalue weighted by Gasteiger charge is 2.37. The van der Waals surface area contributed by atoms with Gasteiger partial charge in [-0.15, -0.1) is 0 Å². The van der Waals surface area contributed by atoms with Gasteiger partial charge in [-0.2, -0.15) is 0 Å². The number of allylic oxidation sites excluding steroid dienone is 3. The fourth-order valence-electron chi connectivity index (χ4n) is 3.81. The van der Waals surface area contributed by atoms with Crippen molar-refractivity contribution >= 4 is 34.2 Å². The Hall–Kier alpha value is -4.08. The van der Waals surface area contributed by atoms with E-state index in [0.29, 0.717) is 41.5 Å². The van der Waals surface area contributed by atoms with Crippen molar-refractivity contribution < 1.29 is 9.53 Å². The summed E-state index contributed by atoms with van der Waals surface area (Å²) in [4.78, 5) is 23.1. The molecule has 0 radical (unpaired) electrons. The van der Waals surface area contributed by atoms with E-state index in [2.05, 4.69) is 20.6 Å². The zero-order valence-corrected chi connectivity index (χ0v) is 22.4. The molecule has 10 nitrogen and oxygen atoms in total. The van der Waals surface area contributed by atoms with Crippen LogP contribution >= 0.6 is 0 Å². The smallest absolute Gasteiger partial charge is 0.410 e. The Morgan fingerprint density at radius 1 is 1.27 bits per heavy atom. The maximum atomic E-state index is 12.3. The van der Waals surface area contributed by atoms with E-state index < -0.39 is 5.60 Å². The molecular weight excluding hydrogens is 468 g/mol. The quantitative estimate of drug-likeness (QED) is 0.267. The first-order chi connectivity index (χ1) is 17.4. The van der Waals surface area contributed by atoms with Crippen LogP contribution in [0.1, 0.15) is 40.2 Å². The minimum absolute atomic E-state index is 0.0977. The molecule has 3 rings (SSSR count). The van der Waals surface area contributed by atoms with Crippen LogP contribution < -0.4 is 22.1 Å². The summed E-state index contributed by atoms with van der Waals surface area (Å²) in [5.74, 6) is 1.14. The molecular formula is C27H38N8O2. The summed E-state index contributed by atoms with van der Waals surface area (Å²) in [6, 6.07) is 5.57. The number of amides is 1. The second-order valence-electron chi connectivity index (χ2n) is 10.3. The minimum atomic E-state index is -0.553. The van der Waals surface area contributed by atoms with E-state index in [1.165, 1.54) is 0 Å². The lowest BCUT2D eigenvalue weighted by molar-refractivity contribution is 0.00702. The molecule has 1 saturated heterocycles. The van der Waals surface area contributed by atoms with Crippen molar-refractivity contribution in [2.75, 3.05) is 25.5 Å². The van der Waals surface area contributed by atoms with Gasteiger partial charge in [-0.3, -0.25) is 4.98 Å². The van der Waals surface area contributed by atoms with Gasteiger partial charge in [0.15, 0.2) is 0 Å². The van der Waals surface area contributed by atoms with Crippen molar-refractivity contribution in [1.82, 2.24) is 20.2 Å². The number of pyridine rings is 2. The number of fused-ring (bicyclic) bond motifs is 1. The average molecular weight is 507 g/mol. The SMILES string of the molecule is CN/C=C(\C(=N)C1CN(C(=O)OC(C)(C)C)C1)c1cnc2ccc(N/C(N)=C/C(=C\N)C(C)C)nc2c1. The molecule has 0 unspecified atom stereocenters. The number of hydrogen-bond donors (Lipinski definition) is 5. The summed E-state index contributed by atoms with van der Waals surface area (Å²) in [5, 5.41) is 15.0. The number of hydrogen-bond acceptors (Lipinski definition) is 9. The number of nitrogens with one attached hydrogen (secondary N) is 3. The van der Waals surface area contributed by atoms with Gasteiger partial charge in [-0.25, -0.2) is 9.78 Å². The zero-order valence-electron chi connectivity index (χ0n) is 22.4. The maximum Gasteiger partial charge on any atom is 0.410 e. The highest BCUT2D eigenvalue weighted by atomic mass is 16.6. The Morgan fingerprint density at radius 2 is 1.97 bits per heavy atom. The van der Waals surface area contributed by atoms with Gasteiger partial charge in [0.2, 0.25) is 0 Å². The fourth-order valence-corrected chi connectivity index (χ4v) is 3.81. The summed E-state index contributed by atoms with van der Waals surface area (Å²) in [7, 11) is 1.78. The van der Waals surface area contributed by atoms with Crippen LogP contribution in [-0.4, -0.2) is 52.4 Å². The van der Waals surface area contributed by atoms with Crippen molar-refractivity contribution in [3.63, 3.8) is 0 Å². The number of carbonyl (C=O) groups excluding carboxylic acids is 1. The third-order valence-corrected chi connectivity index (χ3v) is 5.82. The first-order valence-corrected chi connectivity index (χ1v) is 12.3. The predicted octanol–water partition coefficient (Wildman–Crippen LogP) is 3.79. The molecule has 0 spiro atoms. The summed E-state index contributed by atoms with van der Waals surface area (Å²) < 4.78 is 5.43. The number of carbonyl (C=O) groups is 1. The Balaban J connectivity index is 1.79. The zero-order chi connectivity index (χ0) is 27.3. The molecule has 0 aromatic carbocycles. The van der Waals surface area contributed by atoms with E-state index in [1.54, 1.807) is 36.6 Å². The topological polar surface area (TPSA) is 155 Å². The van der Waals surface area contributed by atoms with Gasteiger partial charge in [0.25, 0.3) is 0 Å². The monoisotopic (exact) mass is 506 g/mol. The number of anilines is 1. The average Bonchev–Trinajstić information content (AvgIpc) is 2.78. The number of rotatable bonds is 8. The molecule has 7 N–H and O–H groups in total. The van der Waals surface area contributed by atoms with Gasteiger partial charge >= 0.3 is 6.09 Å². The number of nitrogens with two attached hydrogens (primary N) is 2. The number of ether oxygens (including phenoxy) is 1. The fraction of sp³-hybridized carbons (Fsp3) is 0.407. The van der Waals surface area contributed by atoms with Crippen molar-refractivity contribution in [1.29, 1.82) is 5.41 Å². The molecule has 3 heterocycles. The van der Waals surface area contributed by atoms with Crippen LogP contribution in [0.4, 0.5) is 10.6 Å². The van der Waals surface area contributed by atoms with Crippen LogP contribution in [0.5, 0.6) is 0 Å². The van der Waals surface area contributed by atoms with Gasteiger partial charge in [0.1, 0.15) is 17.2 Å². The normalized spacial score (nSPS) is 15.5. The Kier molecular flexibility index (Phi) is 8.42. The first-order valence-electron chi connectivity index (χ1n) is 12.3. The molecule has 2 aromatic rings. The number of likely N-dealkylation sites (tertiary alicyclic amines) is 1. The molecule has 0 aliphatic carbocycles. The molecule has 0 bridgehead atoms. The van der Waals surface area contributed by atoms with Gasteiger partial charge in [0, 0.05) is 55.3 Å². The van der Waals surface area contributed by atoms with E-state index >= 15 is 0 Å². The minimum Gasteiger partial charge on any atom is -0.444 e. The number of nitrogens with zero attached hydrogens (tertiary/aromatic N) is 3. The predicted molar refractivity (Wildman–Crippen MR) is 149 cm³/mol. The van der Waals surface area contributed by atoms with Crippen molar-refractivity contribution in [3.05, 3.63) is 59.8 Å². The standard InChI is InChI=1S/C27H38N8O2/c1-16(2)17(11-28)10-23(29)34-24-8-7-21-22(33-24)9-18(12-32-21)20(13-31-6)25(30)19-14-35(15-19)26(36)37-27(3,4)5/h7-13,16,19,30-31H,14-15,28-29H2,1-6H3,(H,33,34)/b17-11+,20-13-,23-10+,30-25?. The molecule has 1 aliphatic heterocycles. The maximum absolute atomic E-state index is 12.3. The van der Waals surface area contributed by atoms with Gasteiger partial charge in [0.05, 0.1) is 11.0 Å². The van der Waals surface area contributed by atoms with Gasteiger partial charge < -0.3 is 37.1 Å². The van der Waals surface area contributed by atoms with Crippen LogP contribution in [0, 0.1) is 17.2 Å². The van der Waals surface area contributed by atoms with Gasteiger partial charge in [-0.05, 0) is 62.7 Å². The lowest BCUT2D eigenvalue weighted by Gasteiger charge is -2.40. The molecule has 1 aliphatic rings. The first kappa shape index (κ1) is 27.5. The van der Waals surface area contributed by atoms with Crippen molar-refractivity contribution in [2.24, 2.45) is 23.3 Å². The lowest BCUT2D eigenvalue weighted by atomic mass is 9.87. The van der Waals surface area contributed by atoms with Crippen LogP contribution in [0.3, 0.4) is 0 Å². The molecule has 37 heavy (non-hydrogen) atoms. The third kappa shape index (κ3) is 6.99. The summed E-state index contributed by atoms with van der Waals surface area (Å²) >= 11 is 0. The number of aromatic nitrogens is 2. The van der Waals surface area contributed by atoms with Crippen LogP contribution in [0.25, 0.3) is 16.6 Å². The molecule has 198 valence electrons. The highest BCUT2D eigenvalue weighted by molar-refractivity contribution is 6.24. The second kappa shape index (κ2) is 11.3. The molecule has 2 aromatic heterocycles. The van der Waals surface area contributed by atoms with Gasteiger partial charge in [-0.1, -0.05) is 13.8 Å². The largest absolute Gasteiger partial charge is 0.444 e. The van der Waals surface area contributed by atoms with Crippen molar-refractivity contribution in [3.8, 4) is 0 Å². The van der Waals surface area contributed by atoms with E-state index in [4.69, 9.17) is 21.6 Å².